The van der Waals surface area contributed by atoms with Crippen LogP contribution in [0.25, 0.3) is 0 Å². The molecule has 0 saturated heterocycles. The van der Waals surface area contributed by atoms with E-state index in [4.69, 9.17) is 11.6 Å². The maximum atomic E-state index is 13.6. The number of halogens is 4. The predicted octanol–water partition coefficient (Wildman–Crippen LogP) is 3.83. The molecule has 12 heteroatoms. The van der Waals surface area contributed by atoms with E-state index in [1.807, 2.05) is 0 Å². The lowest BCUT2D eigenvalue weighted by Gasteiger charge is -2.43. The summed E-state index contributed by atoms with van der Waals surface area (Å²) in [6, 6.07) is 4.73. The van der Waals surface area contributed by atoms with Crippen LogP contribution in [-0.4, -0.2) is 52.7 Å². The largest absolute Gasteiger partial charge is 0.391 e. The van der Waals surface area contributed by atoms with Crippen molar-refractivity contribution in [1.82, 2.24) is 0 Å². The molecule has 4 N–H and O–H groups in total. The highest BCUT2D eigenvalue weighted by molar-refractivity contribution is 7.92. The molecule has 2 aliphatic rings. The number of sulfone groups is 1. The fourth-order valence-corrected chi connectivity index (χ4v) is 7.98. The Morgan fingerprint density at radius 2 is 1.68 bits per heavy atom. The lowest BCUT2D eigenvalue weighted by molar-refractivity contribution is -0.106. The van der Waals surface area contributed by atoms with Gasteiger partial charge in [0, 0.05) is 29.8 Å². The SMILES string of the molecule is CC(O)C(O)CC1(O)C2CC[C@H]1CC(S(=O)(=O)c1cc(C(=O)Nc3cc(F)c(F)c(F)c3)ccc1Cl)C2. The third-order valence-electron chi connectivity index (χ3n) is 7.65. The third kappa shape index (κ3) is 5.24. The van der Waals surface area contributed by atoms with E-state index in [1.54, 1.807) is 0 Å². The van der Waals surface area contributed by atoms with E-state index in [9.17, 15) is 41.7 Å². The van der Waals surface area contributed by atoms with Gasteiger partial charge in [0.05, 0.1) is 33.0 Å². The summed E-state index contributed by atoms with van der Waals surface area (Å²) in [5.41, 5.74) is -1.81. The van der Waals surface area contributed by atoms with Gasteiger partial charge in [0.25, 0.3) is 5.91 Å². The van der Waals surface area contributed by atoms with Gasteiger partial charge in [0.1, 0.15) is 0 Å². The molecule has 2 fully saturated rings. The normalized spacial score (nSPS) is 27.1. The molecule has 7 nitrogen and oxygen atoms in total. The van der Waals surface area contributed by atoms with Gasteiger partial charge in [0.2, 0.25) is 0 Å². The Bertz CT molecular complexity index is 1280. The van der Waals surface area contributed by atoms with Crippen LogP contribution in [0.2, 0.25) is 5.02 Å². The molecule has 2 aromatic carbocycles. The number of aliphatic hydroxyl groups is 3. The molecule has 1 amide bonds. The van der Waals surface area contributed by atoms with E-state index in [0.717, 1.165) is 6.07 Å². The molecule has 0 radical (unpaired) electrons. The van der Waals surface area contributed by atoms with Crippen LogP contribution in [0, 0.1) is 29.3 Å². The number of aliphatic hydroxyl groups excluding tert-OH is 2. The quantitative estimate of drug-likeness (QED) is 0.381. The Morgan fingerprint density at radius 3 is 2.22 bits per heavy atom. The Labute approximate surface area is 217 Å². The minimum absolute atomic E-state index is 0.0618. The summed E-state index contributed by atoms with van der Waals surface area (Å²) in [5.74, 6) is -6.39. The molecule has 37 heavy (non-hydrogen) atoms. The molecule has 0 aliphatic heterocycles. The van der Waals surface area contributed by atoms with Crippen LogP contribution < -0.4 is 5.32 Å². The average Bonchev–Trinajstić information content (AvgIpc) is 2.98. The second-order valence-electron chi connectivity index (χ2n) is 9.97. The number of hydrogen-bond acceptors (Lipinski definition) is 6. The molecular weight excluding hydrogens is 535 g/mol. The van der Waals surface area contributed by atoms with Gasteiger partial charge in [0.15, 0.2) is 27.3 Å². The molecule has 2 aliphatic carbocycles. The summed E-state index contributed by atoms with van der Waals surface area (Å²) in [7, 11) is -4.07. The number of carbonyl (C=O) groups is 1. The van der Waals surface area contributed by atoms with Crippen molar-refractivity contribution in [2.75, 3.05) is 5.32 Å². The van der Waals surface area contributed by atoms with Crippen molar-refractivity contribution in [1.29, 1.82) is 0 Å². The first kappa shape index (κ1) is 27.8. The summed E-state index contributed by atoms with van der Waals surface area (Å²) in [4.78, 5) is 12.4. The average molecular weight is 562 g/mol. The van der Waals surface area contributed by atoms with E-state index in [0.29, 0.717) is 25.0 Å². The van der Waals surface area contributed by atoms with Gasteiger partial charge in [-0.25, -0.2) is 21.6 Å². The number of amides is 1. The van der Waals surface area contributed by atoms with Gasteiger partial charge >= 0.3 is 0 Å². The fraction of sp³-hybridized carbons (Fsp3) is 0.480. The first-order chi connectivity index (χ1) is 17.2. The monoisotopic (exact) mass is 561 g/mol. The van der Waals surface area contributed by atoms with Crippen molar-refractivity contribution in [3.05, 3.63) is 58.4 Å². The number of fused-ring (bicyclic) bond motifs is 2. The summed E-state index contributed by atoms with van der Waals surface area (Å²) in [6.45, 7) is 1.42. The van der Waals surface area contributed by atoms with E-state index in [-0.39, 0.29) is 40.4 Å². The van der Waals surface area contributed by atoms with Crippen LogP contribution in [0.5, 0.6) is 0 Å². The van der Waals surface area contributed by atoms with Crippen LogP contribution in [0.1, 0.15) is 49.4 Å². The molecule has 6 atom stereocenters. The van der Waals surface area contributed by atoms with Gasteiger partial charge in [-0.1, -0.05) is 11.6 Å². The summed E-state index contributed by atoms with van der Waals surface area (Å²) < 4.78 is 67.4. The number of hydrogen-bond donors (Lipinski definition) is 4. The first-order valence-electron chi connectivity index (χ1n) is 11.8. The molecule has 2 bridgehead atoms. The predicted molar refractivity (Wildman–Crippen MR) is 129 cm³/mol. The highest BCUT2D eigenvalue weighted by atomic mass is 35.5. The Balaban J connectivity index is 1.57. The zero-order chi connectivity index (χ0) is 27.3. The topological polar surface area (TPSA) is 124 Å². The molecule has 0 aromatic heterocycles. The fourth-order valence-electron chi connectivity index (χ4n) is 5.58. The number of carbonyl (C=O) groups excluding carboxylic acids is 1. The van der Waals surface area contributed by atoms with Crippen LogP contribution in [0.15, 0.2) is 35.2 Å². The van der Waals surface area contributed by atoms with Crippen LogP contribution in [-0.2, 0) is 9.84 Å². The van der Waals surface area contributed by atoms with E-state index in [1.165, 1.54) is 19.1 Å². The molecule has 2 aromatic rings. The van der Waals surface area contributed by atoms with Crippen LogP contribution in [0.4, 0.5) is 18.9 Å². The minimum atomic E-state index is -4.07. The van der Waals surface area contributed by atoms with Crippen molar-refractivity contribution in [3.63, 3.8) is 0 Å². The van der Waals surface area contributed by atoms with Crippen molar-refractivity contribution >= 4 is 33.0 Å². The molecule has 0 spiro atoms. The second-order valence-corrected chi connectivity index (χ2v) is 12.6. The number of anilines is 1. The van der Waals surface area contributed by atoms with E-state index < -0.39 is 68.1 Å². The lowest BCUT2D eigenvalue weighted by atomic mass is 9.71. The Morgan fingerprint density at radius 1 is 1.11 bits per heavy atom. The van der Waals surface area contributed by atoms with Gasteiger partial charge < -0.3 is 20.6 Å². The minimum Gasteiger partial charge on any atom is -0.391 e. The van der Waals surface area contributed by atoms with Gasteiger partial charge in [-0.3, -0.25) is 4.79 Å². The van der Waals surface area contributed by atoms with Crippen molar-refractivity contribution < 1.29 is 41.7 Å². The Hall–Kier alpha value is -2.18. The third-order valence-corrected chi connectivity index (χ3v) is 10.3. The van der Waals surface area contributed by atoms with Gasteiger partial charge in [-0.2, -0.15) is 0 Å². The molecular formula is C25H27ClF3NO6S. The number of rotatable bonds is 7. The zero-order valence-corrected chi connectivity index (χ0v) is 21.4. The van der Waals surface area contributed by atoms with Gasteiger partial charge in [-0.15, -0.1) is 0 Å². The number of benzene rings is 2. The van der Waals surface area contributed by atoms with E-state index in [2.05, 4.69) is 5.32 Å². The van der Waals surface area contributed by atoms with Crippen molar-refractivity contribution in [2.45, 2.75) is 67.0 Å². The molecule has 2 saturated carbocycles. The van der Waals surface area contributed by atoms with E-state index >= 15 is 0 Å². The smallest absolute Gasteiger partial charge is 0.255 e. The molecule has 202 valence electrons. The first-order valence-corrected chi connectivity index (χ1v) is 13.7. The lowest BCUT2D eigenvalue weighted by Crippen LogP contribution is -2.51. The highest BCUT2D eigenvalue weighted by Gasteiger charge is 2.56. The second kappa shape index (κ2) is 10.2. The number of nitrogens with one attached hydrogen (secondary N) is 1. The van der Waals surface area contributed by atoms with Crippen LogP contribution >= 0.6 is 11.6 Å². The molecule has 5 unspecified atom stereocenters. The summed E-state index contributed by atoms with van der Waals surface area (Å²) in [6.07, 6.45) is -0.880. The highest BCUT2D eigenvalue weighted by Crippen LogP contribution is 2.54. The zero-order valence-electron chi connectivity index (χ0n) is 19.8. The van der Waals surface area contributed by atoms with Crippen molar-refractivity contribution in [2.24, 2.45) is 11.8 Å². The maximum absolute atomic E-state index is 13.6. The summed E-state index contributed by atoms with van der Waals surface area (Å²) in [5, 5.41) is 32.3. The molecule has 4 rings (SSSR count). The van der Waals surface area contributed by atoms with Gasteiger partial charge in [-0.05, 0) is 62.6 Å². The Kier molecular flexibility index (Phi) is 7.66. The van der Waals surface area contributed by atoms with Crippen molar-refractivity contribution in [3.8, 4) is 0 Å². The van der Waals surface area contributed by atoms with Crippen LogP contribution in [0.3, 0.4) is 0 Å². The standard InChI is InChI=1S/C25H27ClF3NO6S/c1-12(31)21(32)11-25(34)14-3-4-15(25)8-17(7-14)37(35,36)22-6-13(2-5-18(22)26)24(33)30-16-9-19(27)23(29)20(28)10-16/h2,5-6,9-10,12,14-15,17,21,31-32,34H,3-4,7-8,11H2,1H3,(H,30,33)/t12?,14-,15?,17?,21?,25?/m0/s1. The summed E-state index contributed by atoms with van der Waals surface area (Å²) >= 11 is 6.21. The maximum Gasteiger partial charge on any atom is 0.255 e. The molecule has 0 heterocycles.